The number of carbonyl (C=O) groups is 2. The maximum Gasteiger partial charge on any atom is 0.239 e. The third-order valence-corrected chi connectivity index (χ3v) is 6.94. The summed E-state index contributed by atoms with van der Waals surface area (Å²) in [6.07, 6.45) is 9.09. The molecule has 1 fully saturated rings. The molecule has 0 spiro atoms. The van der Waals surface area contributed by atoms with E-state index >= 15 is 0 Å². The van der Waals surface area contributed by atoms with E-state index in [-0.39, 0.29) is 31.0 Å². The van der Waals surface area contributed by atoms with Crippen LogP contribution < -0.4 is 20.7 Å². The van der Waals surface area contributed by atoms with Crippen LogP contribution in [0.1, 0.15) is 55.2 Å². The molecule has 2 aromatic carbocycles. The average Bonchev–Trinajstić information content (AvgIpc) is 3.68. The van der Waals surface area contributed by atoms with Crippen molar-refractivity contribution in [3.05, 3.63) is 65.0 Å². The van der Waals surface area contributed by atoms with Gasteiger partial charge in [-0.3, -0.25) is 9.59 Å². The third kappa shape index (κ3) is 7.54. The number of aliphatic hydroxyl groups excluding tert-OH is 1. The first-order chi connectivity index (χ1) is 17.9. The van der Waals surface area contributed by atoms with Crippen molar-refractivity contribution in [2.45, 2.75) is 62.6 Å². The van der Waals surface area contributed by atoms with Crippen molar-refractivity contribution in [3.63, 3.8) is 0 Å². The highest BCUT2D eigenvalue weighted by atomic mass is 19.1. The fourth-order valence-corrected chi connectivity index (χ4v) is 4.68. The molecule has 7 nitrogen and oxygen atoms in total. The summed E-state index contributed by atoms with van der Waals surface area (Å²) in [7, 11) is 0. The molecular formula is C29H34FN3O4. The molecule has 1 heterocycles. The van der Waals surface area contributed by atoms with Crippen LogP contribution in [0.15, 0.2) is 42.5 Å². The van der Waals surface area contributed by atoms with Crippen molar-refractivity contribution in [2.24, 2.45) is 0 Å². The highest BCUT2D eigenvalue weighted by molar-refractivity contribution is 5.84. The lowest BCUT2D eigenvalue weighted by Gasteiger charge is -2.27. The molecule has 8 heteroatoms. The fraction of sp³-hybridized carbons (Fsp3) is 0.448. The van der Waals surface area contributed by atoms with Crippen LogP contribution in [0.4, 0.5) is 4.39 Å². The largest absolute Gasteiger partial charge is 0.493 e. The lowest BCUT2D eigenvalue weighted by atomic mass is 9.98. The number of ether oxygens (including phenoxy) is 1. The first-order valence-corrected chi connectivity index (χ1v) is 12.9. The summed E-state index contributed by atoms with van der Waals surface area (Å²) in [5.41, 5.74) is 2.18. The molecule has 37 heavy (non-hydrogen) atoms. The minimum absolute atomic E-state index is 0.185. The lowest BCUT2D eigenvalue weighted by molar-refractivity contribution is -0.126. The number of aliphatic hydroxyl groups is 1. The molecule has 0 saturated heterocycles. The normalized spacial score (nSPS) is 21.1. The molecule has 196 valence electrons. The number of terminal acetylenes is 1. The van der Waals surface area contributed by atoms with Gasteiger partial charge < -0.3 is 25.8 Å². The van der Waals surface area contributed by atoms with Crippen molar-refractivity contribution >= 4 is 11.8 Å². The first-order valence-electron chi connectivity index (χ1n) is 12.9. The van der Waals surface area contributed by atoms with E-state index < -0.39 is 23.9 Å². The van der Waals surface area contributed by atoms with Gasteiger partial charge in [-0.15, -0.1) is 6.42 Å². The minimum atomic E-state index is -0.973. The molecule has 2 atom stereocenters. The molecule has 2 aromatic rings. The monoisotopic (exact) mass is 507 g/mol. The Morgan fingerprint density at radius 1 is 1.16 bits per heavy atom. The van der Waals surface area contributed by atoms with Gasteiger partial charge in [-0.25, -0.2) is 4.39 Å². The quantitative estimate of drug-likeness (QED) is 0.466. The van der Waals surface area contributed by atoms with Gasteiger partial charge in [0.15, 0.2) is 0 Å². The Bertz CT molecular complexity index is 1160. The number of fused-ring (bicyclic) bond motifs is 2. The van der Waals surface area contributed by atoms with Crippen LogP contribution in [0.25, 0.3) is 0 Å². The smallest absolute Gasteiger partial charge is 0.239 e. The van der Waals surface area contributed by atoms with Gasteiger partial charge in [0.25, 0.3) is 0 Å². The van der Waals surface area contributed by atoms with Crippen molar-refractivity contribution < 1.29 is 23.8 Å². The predicted octanol–water partition coefficient (Wildman–Crippen LogP) is 2.54. The Balaban J connectivity index is 1.49. The topological polar surface area (TPSA) is 99.7 Å². The van der Waals surface area contributed by atoms with Gasteiger partial charge in [-0.1, -0.05) is 18.1 Å². The number of hydrogen-bond donors (Lipinski definition) is 4. The van der Waals surface area contributed by atoms with Crippen LogP contribution in [-0.4, -0.2) is 48.8 Å². The summed E-state index contributed by atoms with van der Waals surface area (Å²) in [5, 5.41) is 20.1. The lowest BCUT2D eigenvalue weighted by Crippen LogP contribution is -2.52. The number of hydrogen-bond acceptors (Lipinski definition) is 5. The number of nitrogens with one attached hydrogen (secondary N) is 3. The molecule has 2 aliphatic rings. The zero-order valence-electron chi connectivity index (χ0n) is 20.9. The van der Waals surface area contributed by atoms with Crippen LogP contribution in [-0.2, 0) is 21.5 Å². The van der Waals surface area contributed by atoms with E-state index in [1.54, 1.807) is 6.07 Å². The second-order valence-corrected chi connectivity index (χ2v) is 9.86. The van der Waals surface area contributed by atoms with Crippen LogP contribution in [0.5, 0.6) is 5.75 Å². The summed E-state index contributed by atoms with van der Waals surface area (Å²) < 4.78 is 20.1. The minimum Gasteiger partial charge on any atom is -0.493 e. The van der Waals surface area contributed by atoms with Gasteiger partial charge in [0, 0.05) is 30.1 Å². The maximum atomic E-state index is 14.3. The summed E-state index contributed by atoms with van der Waals surface area (Å²) in [5.74, 6) is 2.01. The highest BCUT2D eigenvalue weighted by Gasteiger charge is 2.44. The van der Waals surface area contributed by atoms with E-state index in [1.165, 1.54) is 12.1 Å². The van der Waals surface area contributed by atoms with E-state index in [4.69, 9.17) is 11.2 Å². The number of benzene rings is 2. The van der Waals surface area contributed by atoms with Crippen LogP contribution in [0.3, 0.4) is 0 Å². The van der Waals surface area contributed by atoms with Crippen molar-refractivity contribution in [1.82, 2.24) is 16.0 Å². The summed E-state index contributed by atoms with van der Waals surface area (Å²) in [4.78, 5) is 24.7. The Hall–Kier alpha value is -3.41. The molecule has 1 aliphatic carbocycles. The number of halogens is 1. The SMILES string of the molecule is C#Cc1cccc(C2(NCC(O)C3Cc4cc(F)cc(c4)OCCCCCC(=O)NCC(=O)N3)CC2)c1. The number of carbonyl (C=O) groups excluding carboxylic acids is 2. The van der Waals surface area contributed by atoms with Crippen LogP contribution in [0.2, 0.25) is 0 Å². The summed E-state index contributed by atoms with van der Waals surface area (Å²) in [6, 6.07) is 11.5. The Morgan fingerprint density at radius 3 is 2.78 bits per heavy atom. The zero-order valence-corrected chi connectivity index (χ0v) is 20.9. The summed E-state index contributed by atoms with van der Waals surface area (Å²) in [6.45, 7) is 0.437. The molecule has 2 unspecified atom stereocenters. The summed E-state index contributed by atoms with van der Waals surface area (Å²) >= 11 is 0. The standard InChI is InChI=1S/C29H34FN3O4/c1-2-20-7-6-8-22(13-20)29(10-11-29)32-18-26(34)25-16-21-14-23(30)17-24(15-21)37-12-5-3-4-9-27(35)31-19-28(36)33-25/h1,6-8,13-15,17,25-26,32,34H,3-5,9-12,16,18-19H2,(H,31,35)(H,33,36). The van der Waals surface area contributed by atoms with Crippen molar-refractivity contribution in [3.8, 4) is 18.1 Å². The van der Waals surface area contributed by atoms with Gasteiger partial charge in [0.05, 0.1) is 25.3 Å². The van der Waals surface area contributed by atoms with Gasteiger partial charge in [0.1, 0.15) is 11.6 Å². The number of amides is 2. The Kier molecular flexibility index (Phi) is 8.80. The number of rotatable bonds is 5. The molecular weight excluding hydrogens is 473 g/mol. The van der Waals surface area contributed by atoms with Gasteiger partial charge in [-0.2, -0.15) is 0 Å². The second kappa shape index (κ2) is 12.2. The zero-order chi connectivity index (χ0) is 26.3. The third-order valence-electron chi connectivity index (χ3n) is 6.94. The Morgan fingerprint density at radius 2 is 2.00 bits per heavy atom. The molecule has 0 aromatic heterocycles. The van der Waals surface area contributed by atoms with Gasteiger partial charge in [0.2, 0.25) is 11.8 Å². The molecule has 4 N–H and O–H groups in total. The van der Waals surface area contributed by atoms with E-state index in [0.717, 1.165) is 36.8 Å². The molecule has 2 amide bonds. The molecule has 0 radical (unpaired) electrons. The molecule has 4 rings (SSSR count). The van der Waals surface area contributed by atoms with Crippen molar-refractivity contribution in [2.75, 3.05) is 19.7 Å². The van der Waals surface area contributed by atoms with E-state index in [2.05, 4.69) is 21.9 Å². The predicted molar refractivity (Wildman–Crippen MR) is 138 cm³/mol. The highest BCUT2D eigenvalue weighted by Crippen LogP contribution is 2.45. The van der Waals surface area contributed by atoms with Crippen molar-refractivity contribution in [1.29, 1.82) is 0 Å². The van der Waals surface area contributed by atoms with Crippen LogP contribution in [0, 0.1) is 18.2 Å². The Labute approximate surface area is 217 Å². The second-order valence-electron chi connectivity index (χ2n) is 9.86. The maximum absolute atomic E-state index is 14.3. The van der Waals surface area contributed by atoms with Gasteiger partial charge >= 0.3 is 0 Å². The molecule has 1 saturated carbocycles. The van der Waals surface area contributed by atoms with E-state index in [0.29, 0.717) is 30.8 Å². The first kappa shape index (κ1) is 26.6. The van der Waals surface area contributed by atoms with E-state index in [1.807, 2.05) is 24.3 Å². The molecule has 2 bridgehead atoms. The average molecular weight is 508 g/mol. The van der Waals surface area contributed by atoms with Gasteiger partial charge in [-0.05, 0) is 73.9 Å². The van der Waals surface area contributed by atoms with E-state index in [9.17, 15) is 19.1 Å². The fourth-order valence-electron chi connectivity index (χ4n) is 4.68. The molecule has 1 aliphatic heterocycles. The van der Waals surface area contributed by atoms with Crippen LogP contribution >= 0.6 is 0 Å².